The second-order valence-corrected chi connectivity index (χ2v) is 8.38. The third-order valence-corrected chi connectivity index (χ3v) is 6.04. The third kappa shape index (κ3) is 4.68. The van der Waals surface area contributed by atoms with Crippen LogP contribution in [0.15, 0.2) is 69.1 Å². The zero-order valence-corrected chi connectivity index (χ0v) is 16.6. The summed E-state index contributed by atoms with van der Waals surface area (Å²) in [6, 6.07) is 12.0. The molecule has 1 aliphatic heterocycles. The average molecular weight is 434 g/mol. The number of thiophene rings is 1. The van der Waals surface area contributed by atoms with Crippen LogP contribution in [0.2, 0.25) is 0 Å². The van der Waals surface area contributed by atoms with E-state index in [4.69, 9.17) is 0 Å². The minimum absolute atomic E-state index is 0.0536. The number of thioether (sulfide) groups is 1. The van der Waals surface area contributed by atoms with Gasteiger partial charge in [0, 0.05) is 15.9 Å². The van der Waals surface area contributed by atoms with Crippen molar-refractivity contribution in [2.24, 2.45) is 10.2 Å². The number of amidine groups is 1. The van der Waals surface area contributed by atoms with Crippen molar-refractivity contribution in [1.82, 2.24) is 4.90 Å². The molecule has 0 saturated carbocycles. The number of carbonyl (C=O) groups excluding carboxylic acids is 1. The molecule has 0 bridgehead atoms. The highest BCUT2D eigenvalue weighted by atomic mass is 79.9. The molecule has 0 unspecified atom stereocenters. The summed E-state index contributed by atoms with van der Waals surface area (Å²) in [7, 11) is 0. The zero-order chi connectivity index (χ0) is 17.6. The monoisotopic (exact) mass is 433 g/mol. The van der Waals surface area contributed by atoms with Gasteiger partial charge in [-0.15, -0.1) is 23.0 Å². The molecule has 2 aromatic rings. The SMILES string of the molecule is C=CCN1C(=O)[C@@H](Cc2ccc(Br)cc2)SC1=NN=Cc1cccs1. The van der Waals surface area contributed by atoms with Crippen molar-refractivity contribution in [3.8, 4) is 0 Å². The summed E-state index contributed by atoms with van der Waals surface area (Å²) in [6.07, 6.45) is 4.08. The van der Waals surface area contributed by atoms with Crippen LogP contribution in [0.5, 0.6) is 0 Å². The lowest BCUT2D eigenvalue weighted by Crippen LogP contribution is -2.32. The average Bonchev–Trinajstić information content (AvgIpc) is 3.21. The number of halogens is 1. The van der Waals surface area contributed by atoms with E-state index in [-0.39, 0.29) is 11.2 Å². The van der Waals surface area contributed by atoms with Crippen LogP contribution in [0.1, 0.15) is 10.4 Å². The standard InChI is InChI=1S/C18H16BrN3OS2/c1-2-9-22-17(23)16(11-13-5-7-14(19)8-6-13)25-18(22)21-20-12-15-4-3-10-24-15/h2-8,10,12,16H,1,9,11H2/t16-/m1/s1. The van der Waals surface area contributed by atoms with Gasteiger partial charge in [-0.3, -0.25) is 9.69 Å². The van der Waals surface area contributed by atoms with Gasteiger partial charge in [0.1, 0.15) is 0 Å². The summed E-state index contributed by atoms with van der Waals surface area (Å²) in [4.78, 5) is 15.4. The molecule has 0 aliphatic carbocycles. The number of hydrogen-bond acceptors (Lipinski definition) is 5. The van der Waals surface area contributed by atoms with Gasteiger partial charge in [-0.25, -0.2) is 0 Å². The number of carbonyl (C=O) groups is 1. The Morgan fingerprint density at radius 1 is 1.28 bits per heavy atom. The molecule has 128 valence electrons. The van der Waals surface area contributed by atoms with Gasteiger partial charge in [0.25, 0.3) is 0 Å². The molecule has 2 heterocycles. The van der Waals surface area contributed by atoms with Gasteiger partial charge >= 0.3 is 0 Å². The van der Waals surface area contributed by atoms with E-state index in [9.17, 15) is 4.79 Å². The molecule has 0 radical (unpaired) electrons. The highest BCUT2D eigenvalue weighted by molar-refractivity contribution is 9.10. The summed E-state index contributed by atoms with van der Waals surface area (Å²) in [5, 5.41) is 10.8. The van der Waals surface area contributed by atoms with Crippen molar-refractivity contribution < 1.29 is 4.79 Å². The largest absolute Gasteiger partial charge is 0.285 e. The first-order valence-corrected chi connectivity index (χ1v) is 10.2. The summed E-state index contributed by atoms with van der Waals surface area (Å²) in [5.74, 6) is 0.0536. The van der Waals surface area contributed by atoms with Gasteiger partial charge in [0.05, 0.1) is 11.5 Å². The van der Waals surface area contributed by atoms with E-state index in [2.05, 4.69) is 32.7 Å². The molecule has 1 aromatic heterocycles. The second kappa shape index (κ2) is 8.60. The van der Waals surface area contributed by atoms with Crippen molar-refractivity contribution in [3.05, 3.63) is 69.3 Å². The molecular weight excluding hydrogens is 418 g/mol. The van der Waals surface area contributed by atoms with Gasteiger partial charge in [-0.2, -0.15) is 5.10 Å². The van der Waals surface area contributed by atoms with Crippen LogP contribution in [0.25, 0.3) is 0 Å². The van der Waals surface area contributed by atoms with Crippen LogP contribution in [0.4, 0.5) is 0 Å². The van der Waals surface area contributed by atoms with Crippen LogP contribution in [-0.4, -0.2) is 34.0 Å². The van der Waals surface area contributed by atoms with E-state index in [1.54, 1.807) is 28.5 Å². The van der Waals surface area contributed by atoms with Crippen LogP contribution in [0.3, 0.4) is 0 Å². The van der Waals surface area contributed by atoms with Crippen molar-refractivity contribution in [2.45, 2.75) is 11.7 Å². The lowest BCUT2D eigenvalue weighted by molar-refractivity contribution is -0.125. The lowest BCUT2D eigenvalue weighted by atomic mass is 10.1. The van der Waals surface area contributed by atoms with Crippen LogP contribution in [-0.2, 0) is 11.2 Å². The first-order chi connectivity index (χ1) is 12.2. The Bertz CT molecular complexity index is 800. The van der Waals surface area contributed by atoms with Crippen molar-refractivity contribution in [1.29, 1.82) is 0 Å². The summed E-state index contributed by atoms with van der Waals surface area (Å²) in [6.45, 7) is 4.17. The third-order valence-electron chi connectivity index (χ3n) is 3.54. The quantitative estimate of drug-likeness (QED) is 0.380. The fourth-order valence-electron chi connectivity index (χ4n) is 2.35. The molecule has 7 heteroatoms. The molecule has 0 N–H and O–H groups in total. The number of amides is 1. The summed E-state index contributed by atoms with van der Waals surface area (Å²) in [5.41, 5.74) is 1.12. The maximum Gasteiger partial charge on any atom is 0.242 e. The maximum atomic E-state index is 12.7. The summed E-state index contributed by atoms with van der Waals surface area (Å²) < 4.78 is 1.03. The number of rotatable bonds is 6. The van der Waals surface area contributed by atoms with Gasteiger partial charge < -0.3 is 0 Å². The second-order valence-electron chi connectivity index (χ2n) is 5.32. The van der Waals surface area contributed by atoms with E-state index >= 15 is 0 Å². The van der Waals surface area contributed by atoms with Gasteiger partial charge in [-0.05, 0) is 35.6 Å². The van der Waals surface area contributed by atoms with Crippen molar-refractivity contribution in [2.75, 3.05) is 6.54 Å². The first-order valence-electron chi connectivity index (χ1n) is 7.65. The van der Waals surface area contributed by atoms with E-state index in [1.165, 1.54) is 11.8 Å². The molecular formula is C18H16BrN3OS2. The Kier molecular flexibility index (Phi) is 6.23. The lowest BCUT2D eigenvalue weighted by Gasteiger charge is -2.12. The molecule has 3 rings (SSSR count). The Hall–Kier alpha value is -1.70. The number of hydrogen-bond donors (Lipinski definition) is 0. The molecule has 1 fully saturated rings. The predicted octanol–water partition coefficient (Wildman–Crippen LogP) is 4.57. The molecule has 0 spiro atoms. The zero-order valence-electron chi connectivity index (χ0n) is 13.3. The Labute approximate surface area is 163 Å². The molecule has 1 aromatic carbocycles. The van der Waals surface area contributed by atoms with Gasteiger partial charge in [-0.1, -0.05) is 52.0 Å². The fourth-order valence-corrected chi connectivity index (χ4v) is 4.34. The van der Waals surface area contributed by atoms with Crippen LogP contribution < -0.4 is 0 Å². The van der Waals surface area contributed by atoms with Gasteiger partial charge in [0.15, 0.2) is 5.17 Å². The number of nitrogens with zero attached hydrogens (tertiary/aromatic N) is 3. The molecule has 1 saturated heterocycles. The smallest absolute Gasteiger partial charge is 0.242 e. The Morgan fingerprint density at radius 3 is 2.76 bits per heavy atom. The predicted molar refractivity (Wildman–Crippen MR) is 110 cm³/mol. The highest BCUT2D eigenvalue weighted by Gasteiger charge is 2.37. The minimum atomic E-state index is -0.184. The highest BCUT2D eigenvalue weighted by Crippen LogP contribution is 2.30. The maximum absolute atomic E-state index is 12.7. The van der Waals surface area contributed by atoms with Crippen LogP contribution in [0, 0.1) is 0 Å². The van der Waals surface area contributed by atoms with Crippen molar-refractivity contribution >= 4 is 56.3 Å². The normalized spacial score (nSPS) is 19.2. The fraction of sp³-hybridized carbons (Fsp3) is 0.167. The van der Waals surface area contributed by atoms with Crippen molar-refractivity contribution in [3.63, 3.8) is 0 Å². The van der Waals surface area contributed by atoms with E-state index in [1.807, 2.05) is 41.8 Å². The Morgan fingerprint density at radius 2 is 2.08 bits per heavy atom. The molecule has 1 amide bonds. The van der Waals surface area contributed by atoms with Crippen LogP contribution >= 0.6 is 39.0 Å². The molecule has 1 atom stereocenters. The molecule has 1 aliphatic rings. The molecule has 25 heavy (non-hydrogen) atoms. The van der Waals surface area contributed by atoms with E-state index < -0.39 is 0 Å². The summed E-state index contributed by atoms with van der Waals surface area (Å²) >= 11 is 6.48. The Balaban J connectivity index is 1.74. The van der Waals surface area contributed by atoms with E-state index in [0.717, 1.165) is 14.9 Å². The van der Waals surface area contributed by atoms with E-state index in [0.29, 0.717) is 18.1 Å². The number of benzene rings is 1. The topological polar surface area (TPSA) is 45.0 Å². The molecule has 4 nitrogen and oxygen atoms in total. The van der Waals surface area contributed by atoms with Gasteiger partial charge in [0.2, 0.25) is 5.91 Å². The first kappa shape index (κ1) is 18.1. The minimum Gasteiger partial charge on any atom is -0.285 e.